The number of rotatable bonds is 3. The molecule has 0 unspecified atom stereocenters. The fraction of sp³-hybridized carbons (Fsp3) is 0.188. The molecule has 1 aromatic heterocycles. The Morgan fingerprint density at radius 3 is 2.85 bits per heavy atom. The Bertz CT molecular complexity index is 748. The molecule has 3 aromatic rings. The van der Waals surface area contributed by atoms with Gasteiger partial charge in [-0.1, -0.05) is 41.2 Å². The van der Waals surface area contributed by atoms with Crippen molar-refractivity contribution in [1.82, 2.24) is 4.98 Å². The maximum absolute atomic E-state index is 5.81. The van der Waals surface area contributed by atoms with Crippen LogP contribution in [-0.4, -0.2) is 12.0 Å². The van der Waals surface area contributed by atoms with Gasteiger partial charge in [0.25, 0.3) is 0 Å². The molecule has 0 saturated carbocycles. The number of nitrogens with two attached hydrogens (primary N) is 1. The van der Waals surface area contributed by atoms with Gasteiger partial charge in [-0.2, -0.15) is 0 Å². The maximum Gasteiger partial charge on any atom is 0.186 e. The van der Waals surface area contributed by atoms with Gasteiger partial charge in [0.05, 0.1) is 10.2 Å². The average Bonchev–Trinajstić information content (AvgIpc) is 2.81. The lowest BCUT2D eigenvalue weighted by molar-refractivity contribution is 0.916. The minimum atomic E-state index is 0.786. The van der Waals surface area contributed by atoms with E-state index in [-0.39, 0.29) is 0 Å². The molecule has 3 rings (SSSR count). The Kier molecular flexibility index (Phi) is 3.32. The monoisotopic (exact) mass is 283 g/mol. The normalized spacial score (nSPS) is 10.9. The summed E-state index contributed by atoms with van der Waals surface area (Å²) in [5.74, 6) is 0. The number of thiazole rings is 1. The molecule has 0 radical (unpaired) electrons. The lowest BCUT2D eigenvalue weighted by atomic mass is 10.1. The third-order valence-corrected chi connectivity index (χ3v) is 4.36. The summed E-state index contributed by atoms with van der Waals surface area (Å²) in [5, 5.41) is 1.02. The number of anilines is 2. The zero-order valence-electron chi connectivity index (χ0n) is 11.6. The number of hydrogen-bond acceptors (Lipinski definition) is 4. The molecule has 0 spiro atoms. The van der Waals surface area contributed by atoms with Crippen molar-refractivity contribution in [3.8, 4) is 0 Å². The first kappa shape index (κ1) is 12.9. The first-order chi connectivity index (χ1) is 9.61. The number of aromatic nitrogens is 1. The van der Waals surface area contributed by atoms with E-state index in [0.717, 1.165) is 27.6 Å². The van der Waals surface area contributed by atoms with Crippen LogP contribution in [0.3, 0.4) is 0 Å². The molecule has 3 nitrogen and oxygen atoms in total. The molecule has 102 valence electrons. The van der Waals surface area contributed by atoms with Crippen LogP contribution < -0.4 is 10.6 Å². The van der Waals surface area contributed by atoms with Crippen LogP contribution in [0.5, 0.6) is 0 Å². The van der Waals surface area contributed by atoms with Crippen LogP contribution in [0.1, 0.15) is 11.1 Å². The average molecular weight is 283 g/mol. The fourth-order valence-corrected chi connectivity index (χ4v) is 3.22. The first-order valence-electron chi connectivity index (χ1n) is 6.54. The number of hydrogen-bond donors (Lipinski definition) is 1. The molecule has 0 fully saturated rings. The van der Waals surface area contributed by atoms with Crippen molar-refractivity contribution in [3.05, 3.63) is 53.6 Å². The second-order valence-electron chi connectivity index (χ2n) is 5.07. The van der Waals surface area contributed by atoms with Crippen LogP contribution in [0, 0.1) is 6.92 Å². The van der Waals surface area contributed by atoms with Crippen molar-refractivity contribution >= 4 is 32.4 Å². The largest absolute Gasteiger partial charge is 0.399 e. The summed E-state index contributed by atoms with van der Waals surface area (Å²) in [5.41, 5.74) is 10.2. The number of aryl methyl sites for hydroxylation is 1. The van der Waals surface area contributed by atoms with Crippen molar-refractivity contribution in [2.45, 2.75) is 13.5 Å². The number of nitrogen functional groups attached to an aromatic ring is 1. The standard InChI is InChI=1S/C16H17N3S/c1-11-4-3-5-12(8-11)10-19(2)16-18-14-7-6-13(17)9-15(14)20-16/h3-9H,10,17H2,1-2H3. The molecule has 0 bridgehead atoms. The van der Waals surface area contributed by atoms with Gasteiger partial charge in [-0.15, -0.1) is 0 Å². The van der Waals surface area contributed by atoms with Crippen molar-refractivity contribution in [2.75, 3.05) is 17.7 Å². The SMILES string of the molecule is Cc1cccc(CN(C)c2nc3ccc(N)cc3s2)c1. The van der Waals surface area contributed by atoms with Gasteiger partial charge in [-0.25, -0.2) is 4.98 Å². The molecule has 20 heavy (non-hydrogen) atoms. The zero-order chi connectivity index (χ0) is 14.1. The van der Waals surface area contributed by atoms with Crippen molar-refractivity contribution in [1.29, 1.82) is 0 Å². The van der Waals surface area contributed by atoms with Gasteiger partial charge >= 0.3 is 0 Å². The van der Waals surface area contributed by atoms with Crippen LogP contribution >= 0.6 is 11.3 Å². The third-order valence-electron chi connectivity index (χ3n) is 3.23. The summed E-state index contributed by atoms with van der Waals surface area (Å²) >= 11 is 1.68. The summed E-state index contributed by atoms with van der Waals surface area (Å²) in [6.45, 7) is 2.97. The van der Waals surface area contributed by atoms with E-state index in [0.29, 0.717) is 0 Å². The van der Waals surface area contributed by atoms with Crippen LogP contribution in [0.2, 0.25) is 0 Å². The number of benzene rings is 2. The summed E-state index contributed by atoms with van der Waals surface area (Å²) in [4.78, 5) is 6.84. The minimum absolute atomic E-state index is 0.786. The molecule has 2 aromatic carbocycles. The van der Waals surface area contributed by atoms with Gasteiger partial charge in [0, 0.05) is 19.3 Å². The molecule has 4 heteroatoms. The highest BCUT2D eigenvalue weighted by Gasteiger charge is 2.09. The van der Waals surface area contributed by atoms with E-state index < -0.39 is 0 Å². The van der Waals surface area contributed by atoms with E-state index >= 15 is 0 Å². The Balaban J connectivity index is 1.86. The Labute approximate surface area is 122 Å². The van der Waals surface area contributed by atoms with Crippen LogP contribution in [-0.2, 0) is 6.54 Å². The highest BCUT2D eigenvalue weighted by atomic mass is 32.1. The Morgan fingerprint density at radius 1 is 1.20 bits per heavy atom. The highest BCUT2D eigenvalue weighted by molar-refractivity contribution is 7.22. The lowest BCUT2D eigenvalue weighted by Gasteiger charge is -2.15. The molecular formula is C16H17N3S. The van der Waals surface area contributed by atoms with Gasteiger partial charge in [-0.3, -0.25) is 0 Å². The summed E-state index contributed by atoms with van der Waals surface area (Å²) in [6, 6.07) is 14.4. The molecule has 0 atom stereocenters. The van der Waals surface area contributed by atoms with E-state index in [2.05, 4.69) is 48.1 Å². The molecule has 0 aliphatic heterocycles. The molecule has 2 N–H and O–H groups in total. The maximum atomic E-state index is 5.81. The smallest absolute Gasteiger partial charge is 0.186 e. The van der Waals surface area contributed by atoms with E-state index in [1.807, 2.05) is 18.2 Å². The molecule has 0 aliphatic carbocycles. The van der Waals surface area contributed by atoms with Gasteiger partial charge < -0.3 is 10.6 Å². The van der Waals surface area contributed by atoms with E-state index in [9.17, 15) is 0 Å². The van der Waals surface area contributed by atoms with E-state index in [1.54, 1.807) is 11.3 Å². The van der Waals surface area contributed by atoms with E-state index in [4.69, 9.17) is 5.73 Å². The van der Waals surface area contributed by atoms with Gasteiger partial charge in [0.1, 0.15) is 0 Å². The fourth-order valence-electron chi connectivity index (χ4n) is 2.24. The first-order valence-corrected chi connectivity index (χ1v) is 7.36. The second kappa shape index (κ2) is 5.13. The molecule has 0 amide bonds. The van der Waals surface area contributed by atoms with Gasteiger partial charge in [0.2, 0.25) is 0 Å². The van der Waals surface area contributed by atoms with Crippen LogP contribution in [0.15, 0.2) is 42.5 Å². The quantitative estimate of drug-likeness (QED) is 0.743. The van der Waals surface area contributed by atoms with Crippen molar-refractivity contribution in [3.63, 3.8) is 0 Å². The van der Waals surface area contributed by atoms with E-state index in [1.165, 1.54) is 11.1 Å². The predicted octanol–water partition coefficient (Wildman–Crippen LogP) is 3.82. The zero-order valence-corrected chi connectivity index (χ0v) is 12.4. The number of nitrogens with zero attached hydrogens (tertiary/aromatic N) is 2. The Hall–Kier alpha value is -2.07. The highest BCUT2D eigenvalue weighted by Crippen LogP contribution is 2.30. The predicted molar refractivity (Wildman–Crippen MR) is 87.3 cm³/mol. The summed E-state index contributed by atoms with van der Waals surface area (Å²) < 4.78 is 1.14. The minimum Gasteiger partial charge on any atom is -0.399 e. The van der Waals surface area contributed by atoms with Gasteiger partial charge in [0.15, 0.2) is 5.13 Å². The Morgan fingerprint density at radius 2 is 2.05 bits per heavy atom. The van der Waals surface area contributed by atoms with Crippen molar-refractivity contribution < 1.29 is 0 Å². The van der Waals surface area contributed by atoms with Crippen molar-refractivity contribution in [2.24, 2.45) is 0 Å². The molecule has 0 saturated heterocycles. The summed E-state index contributed by atoms with van der Waals surface area (Å²) in [7, 11) is 2.07. The summed E-state index contributed by atoms with van der Waals surface area (Å²) in [6.07, 6.45) is 0. The second-order valence-corrected chi connectivity index (χ2v) is 6.08. The van der Waals surface area contributed by atoms with Crippen LogP contribution in [0.25, 0.3) is 10.2 Å². The molecular weight excluding hydrogens is 266 g/mol. The molecule has 1 heterocycles. The van der Waals surface area contributed by atoms with Gasteiger partial charge in [-0.05, 0) is 30.7 Å². The lowest BCUT2D eigenvalue weighted by Crippen LogP contribution is -2.15. The van der Waals surface area contributed by atoms with Crippen LogP contribution in [0.4, 0.5) is 10.8 Å². The molecule has 0 aliphatic rings. The third kappa shape index (κ3) is 2.60. The topological polar surface area (TPSA) is 42.2 Å². The number of fused-ring (bicyclic) bond motifs is 1.